The first-order valence-corrected chi connectivity index (χ1v) is 5.57. The fourth-order valence-corrected chi connectivity index (χ4v) is 1.33. The monoisotopic (exact) mass is 224 g/mol. The van der Waals surface area contributed by atoms with E-state index in [-0.39, 0.29) is 0 Å². The molecule has 0 fully saturated rings. The van der Waals surface area contributed by atoms with E-state index >= 15 is 0 Å². The summed E-state index contributed by atoms with van der Waals surface area (Å²) in [6.45, 7) is 6.86. The maximum Gasteiger partial charge on any atom is 0.142 e. The van der Waals surface area contributed by atoms with Gasteiger partial charge in [0.1, 0.15) is 12.4 Å². The molecule has 0 unspecified atom stereocenters. The van der Waals surface area contributed by atoms with Crippen LogP contribution in [0.4, 0.5) is 0 Å². The fraction of sp³-hybridized carbons (Fsp3) is 0.583. The zero-order valence-electron chi connectivity index (χ0n) is 10.2. The Kier molecular flexibility index (Phi) is 5.82. The lowest BCUT2D eigenvalue weighted by atomic mass is 10.3. The van der Waals surface area contributed by atoms with Gasteiger partial charge in [0.25, 0.3) is 0 Å². The molecule has 0 saturated carbocycles. The van der Waals surface area contributed by atoms with Crippen LogP contribution in [0.5, 0.6) is 5.75 Å². The molecule has 1 aromatic rings. The number of aromatic nitrogens is 1. The Bertz CT molecular complexity index is 316. The molecule has 1 N–H and O–H groups in total. The molecule has 0 radical (unpaired) electrons. The van der Waals surface area contributed by atoms with Crippen molar-refractivity contribution in [3.05, 3.63) is 23.5 Å². The van der Waals surface area contributed by atoms with Gasteiger partial charge in [0.2, 0.25) is 0 Å². The maximum absolute atomic E-state index is 5.60. The lowest BCUT2D eigenvalue weighted by molar-refractivity contribution is 0.145. The first-order chi connectivity index (χ1) is 7.77. The fourth-order valence-electron chi connectivity index (χ4n) is 1.33. The smallest absolute Gasteiger partial charge is 0.142 e. The second kappa shape index (κ2) is 7.19. The predicted octanol–water partition coefficient (Wildman–Crippen LogP) is 1.52. The minimum atomic E-state index is 0.556. The lowest BCUT2D eigenvalue weighted by Gasteiger charge is -2.11. The van der Waals surface area contributed by atoms with Crippen LogP contribution < -0.4 is 10.1 Å². The Labute approximate surface area is 97.0 Å². The van der Waals surface area contributed by atoms with Crippen LogP contribution in [0.1, 0.15) is 18.3 Å². The van der Waals surface area contributed by atoms with Crippen LogP contribution in [-0.2, 0) is 11.3 Å². The van der Waals surface area contributed by atoms with E-state index in [9.17, 15) is 0 Å². The van der Waals surface area contributed by atoms with Gasteiger partial charge in [-0.05, 0) is 25.6 Å². The van der Waals surface area contributed by atoms with Gasteiger partial charge in [0, 0.05) is 19.3 Å². The number of rotatable bonds is 7. The van der Waals surface area contributed by atoms with Gasteiger partial charge in [0.15, 0.2) is 0 Å². The summed E-state index contributed by atoms with van der Waals surface area (Å²) in [5.41, 5.74) is 1.96. The van der Waals surface area contributed by atoms with Crippen molar-refractivity contribution in [2.45, 2.75) is 20.4 Å². The Balaban J connectivity index is 2.64. The molecule has 0 aliphatic carbocycles. The Morgan fingerprint density at radius 3 is 2.81 bits per heavy atom. The van der Waals surface area contributed by atoms with Gasteiger partial charge in [-0.15, -0.1) is 0 Å². The number of hydrogen-bond donors (Lipinski definition) is 1. The summed E-state index contributed by atoms with van der Waals surface area (Å²) in [7, 11) is 1.66. The molecule has 1 aromatic heterocycles. The largest absolute Gasteiger partial charge is 0.489 e. The third kappa shape index (κ3) is 4.16. The molecule has 0 atom stereocenters. The van der Waals surface area contributed by atoms with Gasteiger partial charge in [-0.2, -0.15) is 0 Å². The Morgan fingerprint density at radius 1 is 1.31 bits per heavy atom. The van der Waals surface area contributed by atoms with Crippen molar-refractivity contribution in [3.63, 3.8) is 0 Å². The summed E-state index contributed by atoms with van der Waals surface area (Å²) in [5, 5.41) is 3.25. The third-order valence-corrected chi connectivity index (χ3v) is 2.16. The molecule has 0 saturated heterocycles. The molecule has 1 heterocycles. The standard InChI is InChI=1S/C12H20N2O2/c1-4-13-9-11-12(16-8-7-15-3)6-5-10(2)14-11/h5-6,13H,4,7-9H2,1-3H3. The molecule has 0 bridgehead atoms. The molecule has 0 aliphatic rings. The van der Waals surface area contributed by atoms with E-state index in [1.165, 1.54) is 0 Å². The van der Waals surface area contributed by atoms with Crippen molar-refractivity contribution in [1.82, 2.24) is 10.3 Å². The van der Waals surface area contributed by atoms with Crippen LogP contribution in [0.2, 0.25) is 0 Å². The number of aryl methyl sites for hydroxylation is 1. The van der Waals surface area contributed by atoms with Gasteiger partial charge in [-0.3, -0.25) is 4.98 Å². The van der Waals surface area contributed by atoms with Crippen LogP contribution >= 0.6 is 0 Å². The van der Waals surface area contributed by atoms with Crippen LogP contribution in [0, 0.1) is 6.92 Å². The van der Waals surface area contributed by atoms with Crippen molar-refractivity contribution >= 4 is 0 Å². The quantitative estimate of drug-likeness (QED) is 0.713. The minimum Gasteiger partial charge on any atom is -0.489 e. The van der Waals surface area contributed by atoms with Crippen molar-refractivity contribution in [3.8, 4) is 5.75 Å². The summed E-state index contributed by atoms with van der Waals surface area (Å²) in [4.78, 5) is 4.46. The average molecular weight is 224 g/mol. The molecular weight excluding hydrogens is 204 g/mol. The molecule has 90 valence electrons. The van der Waals surface area contributed by atoms with E-state index in [4.69, 9.17) is 9.47 Å². The molecular formula is C12H20N2O2. The highest BCUT2D eigenvalue weighted by molar-refractivity contribution is 5.29. The SMILES string of the molecule is CCNCc1nc(C)ccc1OCCOC. The van der Waals surface area contributed by atoms with Crippen LogP contribution in [-0.4, -0.2) is 31.9 Å². The van der Waals surface area contributed by atoms with Gasteiger partial charge in [-0.25, -0.2) is 0 Å². The average Bonchev–Trinajstić information content (AvgIpc) is 2.29. The third-order valence-electron chi connectivity index (χ3n) is 2.16. The normalized spacial score (nSPS) is 10.4. The first kappa shape index (κ1) is 12.9. The van der Waals surface area contributed by atoms with Crippen molar-refractivity contribution < 1.29 is 9.47 Å². The van der Waals surface area contributed by atoms with Gasteiger partial charge in [0.05, 0.1) is 12.3 Å². The zero-order chi connectivity index (χ0) is 11.8. The Hall–Kier alpha value is -1.13. The van der Waals surface area contributed by atoms with E-state index < -0.39 is 0 Å². The second-order valence-electron chi connectivity index (χ2n) is 3.52. The van der Waals surface area contributed by atoms with E-state index in [0.29, 0.717) is 13.2 Å². The van der Waals surface area contributed by atoms with E-state index in [1.54, 1.807) is 7.11 Å². The summed E-state index contributed by atoms with van der Waals surface area (Å²) < 4.78 is 10.5. The van der Waals surface area contributed by atoms with Gasteiger partial charge in [-0.1, -0.05) is 6.92 Å². The van der Waals surface area contributed by atoms with Crippen LogP contribution in [0.15, 0.2) is 12.1 Å². The van der Waals surface area contributed by atoms with E-state index in [1.807, 2.05) is 19.1 Å². The topological polar surface area (TPSA) is 43.4 Å². The van der Waals surface area contributed by atoms with Crippen LogP contribution in [0.3, 0.4) is 0 Å². The van der Waals surface area contributed by atoms with Crippen molar-refractivity contribution in [1.29, 1.82) is 0 Å². The first-order valence-electron chi connectivity index (χ1n) is 5.57. The Morgan fingerprint density at radius 2 is 2.12 bits per heavy atom. The highest BCUT2D eigenvalue weighted by Crippen LogP contribution is 2.16. The molecule has 16 heavy (non-hydrogen) atoms. The van der Waals surface area contributed by atoms with E-state index in [2.05, 4.69) is 17.2 Å². The van der Waals surface area contributed by atoms with Gasteiger partial charge < -0.3 is 14.8 Å². The maximum atomic E-state index is 5.60. The summed E-state index contributed by atoms with van der Waals surface area (Å²) in [6.07, 6.45) is 0. The zero-order valence-corrected chi connectivity index (χ0v) is 10.2. The molecule has 1 rings (SSSR count). The van der Waals surface area contributed by atoms with Gasteiger partial charge >= 0.3 is 0 Å². The summed E-state index contributed by atoms with van der Waals surface area (Å²) in [6, 6.07) is 3.92. The van der Waals surface area contributed by atoms with E-state index in [0.717, 1.165) is 30.2 Å². The molecule has 4 heteroatoms. The molecule has 0 aliphatic heterocycles. The minimum absolute atomic E-state index is 0.556. The molecule has 0 amide bonds. The number of nitrogens with one attached hydrogen (secondary N) is 1. The summed E-state index contributed by atoms with van der Waals surface area (Å²) >= 11 is 0. The number of nitrogens with zero attached hydrogens (tertiary/aromatic N) is 1. The molecule has 0 spiro atoms. The molecule has 0 aromatic carbocycles. The number of hydrogen-bond acceptors (Lipinski definition) is 4. The number of methoxy groups -OCH3 is 1. The lowest BCUT2D eigenvalue weighted by Crippen LogP contribution is -2.15. The molecule has 4 nitrogen and oxygen atoms in total. The summed E-state index contributed by atoms with van der Waals surface area (Å²) in [5.74, 6) is 0.837. The second-order valence-corrected chi connectivity index (χ2v) is 3.52. The number of ether oxygens (including phenoxy) is 2. The van der Waals surface area contributed by atoms with Crippen molar-refractivity contribution in [2.75, 3.05) is 26.9 Å². The predicted molar refractivity (Wildman–Crippen MR) is 63.7 cm³/mol. The van der Waals surface area contributed by atoms with Crippen molar-refractivity contribution in [2.24, 2.45) is 0 Å². The number of pyridine rings is 1. The van der Waals surface area contributed by atoms with Crippen LogP contribution in [0.25, 0.3) is 0 Å². The highest BCUT2D eigenvalue weighted by atomic mass is 16.5. The highest BCUT2D eigenvalue weighted by Gasteiger charge is 2.05.